The molecule has 2 nitrogen and oxygen atoms in total. The van der Waals surface area contributed by atoms with Crippen molar-refractivity contribution >= 4 is 57.8 Å². The van der Waals surface area contributed by atoms with Gasteiger partial charge in [0.1, 0.15) is 8.67 Å². The summed E-state index contributed by atoms with van der Waals surface area (Å²) in [4.78, 5) is 9.45. The molecule has 3 rings (SSSR count). The van der Waals surface area contributed by atoms with Crippen LogP contribution in [0.4, 0.5) is 0 Å². The standard InChI is InChI=1S/C17H16Cl4N2/c18-16(19)6-2-12(3-7-16)14-15(23-11-1-10-22-14)13-4-8-17(20,21)9-5-13/h2-6,8H,1,7,9-11H2. The van der Waals surface area contributed by atoms with E-state index in [0.717, 1.165) is 42.1 Å². The first-order chi connectivity index (χ1) is 10.9. The summed E-state index contributed by atoms with van der Waals surface area (Å²) in [6.45, 7) is 1.51. The molecule has 0 bridgehead atoms. The van der Waals surface area contributed by atoms with E-state index in [4.69, 9.17) is 56.4 Å². The molecule has 0 aromatic carbocycles. The smallest absolute Gasteiger partial charge is 0.140 e. The van der Waals surface area contributed by atoms with Crippen LogP contribution in [0.25, 0.3) is 0 Å². The van der Waals surface area contributed by atoms with Crippen molar-refractivity contribution < 1.29 is 0 Å². The summed E-state index contributed by atoms with van der Waals surface area (Å²) >= 11 is 24.5. The second kappa shape index (κ2) is 6.76. The Kier molecular flexibility index (Phi) is 5.08. The molecule has 1 heterocycles. The van der Waals surface area contributed by atoms with Crippen LogP contribution in [0.1, 0.15) is 19.3 Å². The summed E-state index contributed by atoms with van der Waals surface area (Å²) in [5.74, 6) is 0. The van der Waals surface area contributed by atoms with Crippen molar-refractivity contribution in [2.24, 2.45) is 9.98 Å². The third kappa shape index (κ3) is 4.30. The van der Waals surface area contributed by atoms with Crippen molar-refractivity contribution in [2.75, 3.05) is 13.1 Å². The van der Waals surface area contributed by atoms with Crippen LogP contribution in [0.5, 0.6) is 0 Å². The molecule has 0 N–H and O–H groups in total. The van der Waals surface area contributed by atoms with Crippen molar-refractivity contribution in [1.82, 2.24) is 0 Å². The average molecular weight is 390 g/mol. The molecule has 0 atom stereocenters. The number of nitrogens with zero attached hydrogens (tertiary/aromatic N) is 2. The zero-order chi connectivity index (χ0) is 16.5. The van der Waals surface area contributed by atoms with Gasteiger partial charge in [-0.2, -0.15) is 0 Å². The van der Waals surface area contributed by atoms with E-state index in [1.54, 1.807) is 12.2 Å². The molecule has 0 fully saturated rings. The number of hydrogen-bond acceptors (Lipinski definition) is 2. The van der Waals surface area contributed by atoms with Gasteiger partial charge in [0.15, 0.2) is 0 Å². The van der Waals surface area contributed by atoms with Crippen molar-refractivity contribution in [3.05, 3.63) is 47.6 Å². The Morgan fingerprint density at radius 2 is 1.17 bits per heavy atom. The number of hydrogen-bond donors (Lipinski definition) is 0. The Morgan fingerprint density at radius 3 is 1.52 bits per heavy atom. The van der Waals surface area contributed by atoms with Crippen LogP contribution in [0.3, 0.4) is 0 Å². The van der Waals surface area contributed by atoms with Gasteiger partial charge in [0, 0.05) is 25.9 Å². The maximum absolute atomic E-state index is 6.14. The van der Waals surface area contributed by atoms with Gasteiger partial charge in [-0.25, -0.2) is 0 Å². The normalized spacial score (nSPS) is 25.9. The SMILES string of the molecule is ClC1(Cl)C=CC(C2=NCCCN=C2C2=CCC(Cl)(Cl)C=C2)=CC1. The third-order valence-electron chi connectivity index (χ3n) is 3.83. The van der Waals surface area contributed by atoms with Gasteiger partial charge in [-0.15, -0.1) is 0 Å². The average Bonchev–Trinajstić information content (AvgIpc) is 2.73. The van der Waals surface area contributed by atoms with Gasteiger partial charge in [-0.05, 0) is 29.7 Å². The molecular weight excluding hydrogens is 374 g/mol. The van der Waals surface area contributed by atoms with E-state index < -0.39 is 8.67 Å². The molecule has 6 heteroatoms. The summed E-state index contributed by atoms with van der Waals surface area (Å²) in [7, 11) is 0. The molecule has 0 aromatic rings. The number of halogens is 4. The molecule has 0 saturated carbocycles. The van der Waals surface area contributed by atoms with Crippen LogP contribution in [0.15, 0.2) is 57.6 Å². The van der Waals surface area contributed by atoms with Crippen molar-refractivity contribution in [3.8, 4) is 0 Å². The first-order valence-electron chi connectivity index (χ1n) is 7.51. The maximum Gasteiger partial charge on any atom is 0.140 e. The lowest BCUT2D eigenvalue weighted by Gasteiger charge is -2.22. The summed E-state index contributed by atoms with van der Waals surface area (Å²) in [5, 5.41) is 0. The van der Waals surface area contributed by atoms with Crippen molar-refractivity contribution in [3.63, 3.8) is 0 Å². The molecule has 0 unspecified atom stereocenters. The Hall–Kier alpha value is -0.540. The van der Waals surface area contributed by atoms with Gasteiger partial charge in [-0.1, -0.05) is 70.7 Å². The van der Waals surface area contributed by atoms with Crippen LogP contribution in [-0.2, 0) is 0 Å². The molecule has 2 aliphatic carbocycles. The van der Waals surface area contributed by atoms with Crippen LogP contribution in [0, 0.1) is 0 Å². The molecule has 0 spiro atoms. The lowest BCUT2D eigenvalue weighted by atomic mass is 9.92. The first kappa shape index (κ1) is 17.3. The highest BCUT2D eigenvalue weighted by Crippen LogP contribution is 2.34. The molecule has 3 aliphatic rings. The minimum Gasteiger partial charge on any atom is -0.282 e. The van der Waals surface area contributed by atoms with E-state index in [9.17, 15) is 0 Å². The fourth-order valence-corrected chi connectivity index (χ4v) is 3.16. The first-order valence-corrected chi connectivity index (χ1v) is 9.02. The minimum absolute atomic E-state index is 0.551. The molecular formula is C17H16Cl4N2. The van der Waals surface area contributed by atoms with E-state index >= 15 is 0 Å². The van der Waals surface area contributed by atoms with Gasteiger partial charge in [-0.3, -0.25) is 9.98 Å². The van der Waals surface area contributed by atoms with Crippen molar-refractivity contribution in [2.45, 2.75) is 27.9 Å². The molecule has 1 aliphatic heterocycles. The Balaban J connectivity index is 1.91. The summed E-state index contributed by atoms with van der Waals surface area (Å²) in [6.07, 6.45) is 13.5. The second-order valence-electron chi connectivity index (χ2n) is 5.73. The lowest BCUT2D eigenvalue weighted by molar-refractivity contribution is 0.856. The van der Waals surface area contributed by atoms with Crippen molar-refractivity contribution in [1.29, 1.82) is 0 Å². The summed E-state index contributed by atoms with van der Waals surface area (Å²) in [6, 6.07) is 0. The fraction of sp³-hybridized carbons (Fsp3) is 0.412. The van der Waals surface area contributed by atoms with Crippen LogP contribution >= 0.6 is 46.4 Å². The van der Waals surface area contributed by atoms with E-state index in [0.29, 0.717) is 12.8 Å². The summed E-state index contributed by atoms with van der Waals surface area (Å²) in [5.41, 5.74) is 3.78. The van der Waals surface area contributed by atoms with E-state index in [1.807, 2.05) is 24.3 Å². The van der Waals surface area contributed by atoms with Gasteiger partial charge in [0.2, 0.25) is 0 Å². The van der Waals surface area contributed by atoms with Gasteiger partial charge < -0.3 is 0 Å². The van der Waals surface area contributed by atoms with Gasteiger partial charge in [0.05, 0.1) is 11.4 Å². The Labute approximate surface area is 156 Å². The van der Waals surface area contributed by atoms with Crippen LogP contribution in [-0.4, -0.2) is 33.2 Å². The Morgan fingerprint density at radius 1 is 0.739 bits per heavy atom. The highest BCUT2D eigenvalue weighted by molar-refractivity contribution is 6.56. The number of aliphatic imine (C=N–C) groups is 2. The molecule has 122 valence electrons. The number of alkyl halides is 4. The lowest BCUT2D eigenvalue weighted by Crippen LogP contribution is -2.23. The van der Waals surface area contributed by atoms with E-state index in [2.05, 4.69) is 0 Å². The van der Waals surface area contributed by atoms with Gasteiger partial charge in [0.25, 0.3) is 0 Å². The topological polar surface area (TPSA) is 24.7 Å². The molecule has 0 saturated heterocycles. The van der Waals surface area contributed by atoms with E-state index in [1.165, 1.54) is 0 Å². The third-order valence-corrected chi connectivity index (χ3v) is 4.95. The molecule has 0 amide bonds. The highest BCUT2D eigenvalue weighted by Gasteiger charge is 2.28. The van der Waals surface area contributed by atoms with Gasteiger partial charge >= 0.3 is 0 Å². The fourth-order valence-electron chi connectivity index (χ4n) is 2.60. The zero-order valence-electron chi connectivity index (χ0n) is 12.4. The van der Waals surface area contributed by atoms with E-state index in [-0.39, 0.29) is 0 Å². The second-order valence-corrected chi connectivity index (χ2v) is 8.81. The number of rotatable bonds is 2. The minimum atomic E-state index is -0.840. The maximum atomic E-state index is 6.14. The zero-order valence-corrected chi connectivity index (χ0v) is 15.4. The molecule has 23 heavy (non-hydrogen) atoms. The monoisotopic (exact) mass is 388 g/mol. The summed E-state index contributed by atoms with van der Waals surface area (Å²) < 4.78 is -1.68. The number of allylic oxidation sites excluding steroid dienone is 8. The Bertz CT molecular complexity index is 621. The largest absolute Gasteiger partial charge is 0.282 e. The quantitative estimate of drug-likeness (QED) is 0.565. The molecule has 0 radical (unpaired) electrons. The van der Waals surface area contributed by atoms with Crippen LogP contribution < -0.4 is 0 Å². The molecule has 0 aromatic heterocycles. The van der Waals surface area contributed by atoms with Crippen LogP contribution in [0.2, 0.25) is 0 Å². The highest BCUT2D eigenvalue weighted by atomic mass is 35.5. The predicted octanol–water partition coefficient (Wildman–Crippen LogP) is 5.39. The predicted molar refractivity (Wildman–Crippen MR) is 102 cm³/mol.